The molecule has 5 nitrogen and oxygen atoms in total. The molecule has 1 heterocycles. The van der Waals surface area contributed by atoms with E-state index in [0.29, 0.717) is 18.3 Å². The number of halogens is 1. The third-order valence-corrected chi connectivity index (χ3v) is 2.31. The first-order chi connectivity index (χ1) is 7.79. The van der Waals surface area contributed by atoms with Gasteiger partial charge in [-0.2, -0.15) is 4.80 Å². The van der Waals surface area contributed by atoms with Crippen LogP contribution in [0.1, 0.15) is 11.4 Å². The Hall–Kier alpha value is -1.62. The van der Waals surface area contributed by atoms with Gasteiger partial charge in [0, 0.05) is 5.56 Å². The predicted octanol–water partition coefficient (Wildman–Crippen LogP) is 1.53. The number of ether oxygens (including phenoxy) is 1. The third-order valence-electron chi connectivity index (χ3n) is 2.02. The predicted molar refractivity (Wildman–Crippen MR) is 59.1 cm³/mol. The summed E-state index contributed by atoms with van der Waals surface area (Å²) in [4.78, 5) is 1.39. The molecule has 2 rings (SSSR count). The number of aryl methyl sites for hydroxylation is 1. The molecule has 1 aromatic heterocycles. The monoisotopic (exact) mass is 238 g/mol. The Morgan fingerprint density at radius 3 is 2.88 bits per heavy atom. The van der Waals surface area contributed by atoms with E-state index in [1.807, 2.05) is 24.3 Å². The summed E-state index contributed by atoms with van der Waals surface area (Å²) in [5.74, 6) is 1.72. The lowest BCUT2D eigenvalue weighted by Crippen LogP contribution is -2.00. The summed E-state index contributed by atoms with van der Waals surface area (Å²) in [6, 6.07) is 7.61. The molecule has 2 aromatic rings. The lowest BCUT2D eigenvalue weighted by atomic mass is 10.2. The average Bonchev–Trinajstić information content (AvgIpc) is 2.73. The summed E-state index contributed by atoms with van der Waals surface area (Å²) < 4.78 is 5.56. The molecule has 0 atom stereocenters. The van der Waals surface area contributed by atoms with Crippen LogP contribution >= 0.6 is 11.6 Å². The van der Waals surface area contributed by atoms with E-state index in [-0.39, 0.29) is 0 Å². The molecule has 84 valence electrons. The van der Waals surface area contributed by atoms with Gasteiger partial charge in [0.15, 0.2) is 6.61 Å². The molecule has 6 heteroatoms. The van der Waals surface area contributed by atoms with Crippen molar-refractivity contribution in [3.63, 3.8) is 0 Å². The first-order valence-corrected chi connectivity index (χ1v) is 5.32. The Morgan fingerprint density at radius 2 is 2.19 bits per heavy atom. The lowest BCUT2D eigenvalue weighted by molar-refractivity contribution is 0.293. The molecule has 0 spiro atoms. The largest absolute Gasteiger partial charge is 0.485 e. The van der Waals surface area contributed by atoms with E-state index in [1.165, 1.54) is 4.80 Å². The van der Waals surface area contributed by atoms with Crippen molar-refractivity contribution in [1.29, 1.82) is 0 Å². The Balaban J connectivity index is 2.04. The minimum atomic E-state index is 0.293. The maximum atomic E-state index is 5.79. The Bertz CT molecular complexity index is 471. The molecule has 0 bridgehead atoms. The van der Waals surface area contributed by atoms with Gasteiger partial charge in [0.2, 0.25) is 5.82 Å². The van der Waals surface area contributed by atoms with Gasteiger partial charge < -0.3 is 4.74 Å². The van der Waals surface area contributed by atoms with Crippen molar-refractivity contribution in [3.05, 3.63) is 35.7 Å². The SMILES string of the molecule is Cn1nnc(COc2ccccc2CCl)n1. The first-order valence-electron chi connectivity index (χ1n) is 4.79. The van der Waals surface area contributed by atoms with Gasteiger partial charge in [0.05, 0.1) is 12.9 Å². The second-order valence-corrected chi connectivity index (χ2v) is 3.49. The van der Waals surface area contributed by atoms with E-state index in [9.17, 15) is 0 Å². The number of aromatic nitrogens is 4. The molecule has 0 saturated heterocycles. The molecule has 0 aliphatic rings. The Labute approximate surface area is 98.0 Å². The summed E-state index contributed by atoms with van der Waals surface area (Å²) >= 11 is 5.79. The van der Waals surface area contributed by atoms with Crippen LogP contribution in [-0.2, 0) is 19.5 Å². The van der Waals surface area contributed by atoms with E-state index in [2.05, 4.69) is 15.4 Å². The minimum Gasteiger partial charge on any atom is -0.485 e. The number of para-hydroxylation sites is 1. The van der Waals surface area contributed by atoms with E-state index in [4.69, 9.17) is 16.3 Å². The average molecular weight is 239 g/mol. The van der Waals surface area contributed by atoms with Crippen LogP contribution in [0.5, 0.6) is 5.75 Å². The van der Waals surface area contributed by atoms with Crippen LogP contribution in [0.2, 0.25) is 0 Å². The number of rotatable bonds is 4. The fourth-order valence-electron chi connectivity index (χ4n) is 1.28. The van der Waals surface area contributed by atoms with Gasteiger partial charge in [-0.25, -0.2) is 0 Å². The third kappa shape index (κ3) is 2.49. The van der Waals surface area contributed by atoms with Gasteiger partial charge >= 0.3 is 0 Å². The zero-order valence-electron chi connectivity index (χ0n) is 8.80. The van der Waals surface area contributed by atoms with Crippen LogP contribution in [0.4, 0.5) is 0 Å². The van der Waals surface area contributed by atoms with E-state index < -0.39 is 0 Å². The second kappa shape index (κ2) is 4.94. The van der Waals surface area contributed by atoms with E-state index >= 15 is 0 Å². The van der Waals surface area contributed by atoms with E-state index in [1.54, 1.807) is 7.05 Å². The molecule has 0 amide bonds. The molecule has 0 fully saturated rings. The van der Waals surface area contributed by atoms with Crippen LogP contribution in [0.15, 0.2) is 24.3 Å². The van der Waals surface area contributed by atoms with Gasteiger partial charge in [-0.05, 0) is 11.3 Å². The summed E-state index contributed by atoms with van der Waals surface area (Å²) in [5, 5.41) is 11.6. The quantitative estimate of drug-likeness (QED) is 0.758. The number of nitrogens with zero attached hydrogens (tertiary/aromatic N) is 4. The molecule has 0 N–H and O–H groups in total. The highest BCUT2D eigenvalue weighted by molar-refractivity contribution is 6.17. The number of benzene rings is 1. The highest BCUT2D eigenvalue weighted by Crippen LogP contribution is 2.20. The zero-order chi connectivity index (χ0) is 11.4. The van der Waals surface area contributed by atoms with Gasteiger partial charge in [-0.1, -0.05) is 18.2 Å². The number of hydrogen-bond acceptors (Lipinski definition) is 4. The fourth-order valence-corrected chi connectivity index (χ4v) is 1.50. The van der Waals surface area contributed by atoms with Crippen molar-refractivity contribution < 1.29 is 4.74 Å². The van der Waals surface area contributed by atoms with Crippen molar-refractivity contribution in [2.45, 2.75) is 12.5 Å². The number of hydrogen-bond donors (Lipinski definition) is 0. The van der Waals surface area contributed by atoms with Crippen molar-refractivity contribution >= 4 is 11.6 Å². The molecule has 0 saturated carbocycles. The Morgan fingerprint density at radius 1 is 1.38 bits per heavy atom. The Kier molecular flexibility index (Phi) is 3.36. The van der Waals surface area contributed by atoms with Gasteiger partial charge in [0.25, 0.3) is 0 Å². The molecule has 0 aliphatic carbocycles. The van der Waals surface area contributed by atoms with Crippen LogP contribution in [0.3, 0.4) is 0 Å². The molecule has 0 radical (unpaired) electrons. The topological polar surface area (TPSA) is 52.8 Å². The second-order valence-electron chi connectivity index (χ2n) is 3.23. The summed E-state index contributed by atoms with van der Waals surface area (Å²) in [7, 11) is 1.71. The number of tetrazole rings is 1. The molecular formula is C10H11ClN4O. The maximum absolute atomic E-state index is 5.79. The maximum Gasteiger partial charge on any atom is 0.212 e. The van der Waals surface area contributed by atoms with Crippen molar-refractivity contribution in [2.75, 3.05) is 0 Å². The summed E-state index contributed by atoms with van der Waals surface area (Å²) in [6.07, 6.45) is 0. The van der Waals surface area contributed by atoms with E-state index in [0.717, 1.165) is 11.3 Å². The van der Waals surface area contributed by atoms with Crippen molar-refractivity contribution in [2.24, 2.45) is 7.05 Å². The van der Waals surface area contributed by atoms with Crippen molar-refractivity contribution in [1.82, 2.24) is 20.2 Å². The molecular weight excluding hydrogens is 228 g/mol. The van der Waals surface area contributed by atoms with Crippen molar-refractivity contribution in [3.8, 4) is 5.75 Å². The van der Waals surface area contributed by atoms with Crippen LogP contribution in [0, 0.1) is 0 Å². The fraction of sp³-hybridized carbons (Fsp3) is 0.300. The van der Waals surface area contributed by atoms with Gasteiger partial charge in [0.1, 0.15) is 5.75 Å². The van der Waals surface area contributed by atoms with Crippen LogP contribution < -0.4 is 4.74 Å². The highest BCUT2D eigenvalue weighted by atomic mass is 35.5. The normalized spacial score (nSPS) is 10.4. The molecule has 16 heavy (non-hydrogen) atoms. The molecule has 0 unspecified atom stereocenters. The molecule has 0 aliphatic heterocycles. The highest BCUT2D eigenvalue weighted by Gasteiger charge is 2.04. The van der Waals surface area contributed by atoms with Gasteiger partial charge in [-0.15, -0.1) is 21.8 Å². The van der Waals surface area contributed by atoms with Gasteiger partial charge in [-0.3, -0.25) is 0 Å². The zero-order valence-corrected chi connectivity index (χ0v) is 9.55. The smallest absolute Gasteiger partial charge is 0.212 e. The summed E-state index contributed by atoms with van der Waals surface area (Å²) in [6.45, 7) is 0.293. The first kappa shape index (κ1) is 10.9. The lowest BCUT2D eigenvalue weighted by Gasteiger charge is -2.07. The molecule has 1 aromatic carbocycles. The number of alkyl halides is 1. The van der Waals surface area contributed by atoms with Crippen LogP contribution in [-0.4, -0.2) is 20.2 Å². The van der Waals surface area contributed by atoms with Crippen LogP contribution in [0.25, 0.3) is 0 Å². The minimum absolute atomic E-state index is 0.293. The standard InChI is InChI=1S/C10H11ClN4O/c1-15-13-10(12-14-15)7-16-9-5-3-2-4-8(9)6-11/h2-5H,6-7H2,1H3. The summed E-state index contributed by atoms with van der Waals surface area (Å²) in [5.41, 5.74) is 0.952.